The van der Waals surface area contributed by atoms with E-state index in [-0.39, 0.29) is 0 Å². The number of halogens is 3. The molecule has 1 amide bonds. The predicted octanol–water partition coefficient (Wildman–Crippen LogP) is 0.985. The fourth-order valence-electron chi connectivity index (χ4n) is 2.03. The molecule has 3 N–H and O–H groups in total. The van der Waals surface area contributed by atoms with Crippen molar-refractivity contribution >= 4 is 5.91 Å². The Morgan fingerprint density at radius 1 is 1.40 bits per heavy atom. The Kier molecular flexibility index (Phi) is 4.29. The van der Waals surface area contributed by atoms with Crippen LogP contribution in [0.25, 0.3) is 0 Å². The highest BCUT2D eigenvalue weighted by Crippen LogP contribution is 2.19. The van der Waals surface area contributed by atoms with Gasteiger partial charge in [-0.1, -0.05) is 6.07 Å². The summed E-state index contributed by atoms with van der Waals surface area (Å²) in [6, 6.07) is 5.06. The van der Waals surface area contributed by atoms with Crippen LogP contribution >= 0.6 is 0 Å². The van der Waals surface area contributed by atoms with Crippen molar-refractivity contribution in [3.05, 3.63) is 34.9 Å². The lowest BCUT2D eigenvalue weighted by atomic mass is 9.98. The van der Waals surface area contributed by atoms with Crippen LogP contribution in [0.2, 0.25) is 0 Å². The molecule has 4 nitrogen and oxygen atoms in total. The van der Waals surface area contributed by atoms with E-state index < -0.39 is 24.7 Å². The summed E-state index contributed by atoms with van der Waals surface area (Å²) >= 11 is 0. The Morgan fingerprint density at radius 2 is 2.15 bits per heavy atom. The summed E-state index contributed by atoms with van der Waals surface area (Å²) in [7, 11) is 0. The second-order valence-electron chi connectivity index (χ2n) is 4.68. The van der Waals surface area contributed by atoms with E-state index in [4.69, 9.17) is 5.11 Å². The van der Waals surface area contributed by atoms with Crippen LogP contribution in [0.1, 0.15) is 21.5 Å². The lowest BCUT2D eigenvalue weighted by Crippen LogP contribution is -2.40. The zero-order valence-corrected chi connectivity index (χ0v) is 10.6. The quantitative estimate of drug-likeness (QED) is 0.777. The van der Waals surface area contributed by atoms with Crippen molar-refractivity contribution in [2.24, 2.45) is 0 Å². The average molecular weight is 288 g/mol. The second kappa shape index (κ2) is 5.80. The van der Waals surface area contributed by atoms with Gasteiger partial charge in [-0.3, -0.25) is 4.79 Å². The van der Waals surface area contributed by atoms with E-state index in [9.17, 15) is 18.0 Å². The van der Waals surface area contributed by atoms with Crippen molar-refractivity contribution < 1.29 is 23.1 Å². The van der Waals surface area contributed by atoms with Crippen molar-refractivity contribution in [1.29, 1.82) is 0 Å². The smallest absolute Gasteiger partial charge is 0.382 e. The van der Waals surface area contributed by atoms with Crippen LogP contribution in [0.5, 0.6) is 0 Å². The maximum Gasteiger partial charge on any atom is 0.416 e. The SMILES string of the molecule is O=C(NCC(O)C(F)(F)F)c1ccc2c(c1)CNCC2. The number of amides is 1. The molecule has 0 aromatic heterocycles. The van der Waals surface area contributed by atoms with E-state index >= 15 is 0 Å². The first-order valence-corrected chi connectivity index (χ1v) is 6.23. The Bertz CT molecular complexity index is 503. The van der Waals surface area contributed by atoms with Crippen LogP contribution in [0, 0.1) is 0 Å². The van der Waals surface area contributed by atoms with Crippen molar-refractivity contribution in [2.75, 3.05) is 13.1 Å². The van der Waals surface area contributed by atoms with E-state index in [2.05, 4.69) is 10.6 Å². The maximum atomic E-state index is 12.1. The largest absolute Gasteiger partial charge is 0.416 e. The minimum absolute atomic E-state index is 0.293. The third kappa shape index (κ3) is 3.49. The van der Waals surface area contributed by atoms with Gasteiger partial charge < -0.3 is 15.7 Å². The Hall–Kier alpha value is -1.60. The van der Waals surface area contributed by atoms with Gasteiger partial charge in [0.15, 0.2) is 6.10 Å². The summed E-state index contributed by atoms with van der Waals surface area (Å²) in [6.07, 6.45) is -6.41. The van der Waals surface area contributed by atoms with Gasteiger partial charge in [0.05, 0.1) is 6.54 Å². The van der Waals surface area contributed by atoms with Gasteiger partial charge in [-0.05, 0) is 36.2 Å². The summed E-state index contributed by atoms with van der Waals surface area (Å²) in [5.74, 6) is -0.623. The van der Waals surface area contributed by atoms with Crippen LogP contribution in [-0.4, -0.2) is 36.4 Å². The van der Waals surface area contributed by atoms with Crippen molar-refractivity contribution in [1.82, 2.24) is 10.6 Å². The summed E-state index contributed by atoms with van der Waals surface area (Å²) < 4.78 is 36.4. The number of aliphatic hydroxyl groups excluding tert-OH is 1. The van der Waals surface area contributed by atoms with Gasteiger partial charge in [-0.2, -0.15) is 13.2 Å². The average Bonchev–Trinajstić information content (AvgIpc) is 2.42. The van der Waals surface area contributed by atoms with Gasteiger partial charge in [-0.25, -0.2) is 0 Å². The highest BCUT2D eigenvalue weighted by atomic mass is 19.4. The first-order valence-electron chi connectivity index (χ1n) is 6.23. The lowest BCUT2D eigenvalue weighted by Gasteiger charge is -2.18. The summed E-state index contributed by atoms with van der Waals surface area (Å²) in [5, 5.41) is 14.1. The van der Waals surface area contributed by atoms with Crippen molar-refractivity contribution in [3.63, 3.8) is 0 Å². The number of nitrogens with one attached hydrogen (secondary N) is 2. The number of fused-ring (bicyclic) bond motifs is 1. The molecular formula is C13H15F3N2O2. The fraction of sp³-hybridized carbons (Fsp3) is 0.462. The van der Waals surface area contributed by atoms with Gasteiger partial charge in [0.25, 0.3) is 5.91 Å². The molecule has 1 atom stereocenters. The Labute approximate surface area is 114 Å². The molecule has 0 radical (unpaired) electrons. The molecule has 0 aliphatic carbocycles. The monoisotopic (exact) mass is 288 g/mol. The fourth-order valence-corrected chi connectivity index (χ4v) is 2.03. The summed E-state index contributed by atoms with van der Waals surface area (Å²) in [5.41, 5.74) is 2.40. The number of aliphatic hydroxyl groups is 1. The first-order chi connectivity index (χ1) is 9.38. The van der Waals surface area contributed by atoms with E-state index in [0.717, 1.165) is 24.1 Å². The normalized spacial score (nSPS) is 16.4. The number of alkyl halides is 3. The first kappa shape index (κ1) is 14.8. The van der Waals surface area contributed by atoms with E-state index in [1.807, 2.05) is 6.07 Å². The summed E-state index contributed by atoms with van der Waals surface area (Å²) in [6.45, 7) is 0.662. The van der Waals surface area contributed by atoms with E-state index in [1.54, 1.807) is 12.1 Å². The molecule has 0 bridgehead atoms. The Morgan fingerprint density at radius 3 is 2.85 bits per heavy atom. The minimum atomic E-state index is -4.73. The predicted molar refractivity (Wildman–Crippen MR) is 66.2 cm³/mol. The van der Waals surface area contributed by atoms with Crippen LogP contribution < -0.4 is 10.6 Å². The molecule has 7 heteroatoms. The lowest BCUT2D eigenvalue weighted by molar-refractivity contribution is -0.201. The molecule has 1 aromatic carbocycles. The molecule has 1 aliphatic heterocycles. The number of rotatable bonds is 3. The highest BCUT2D eigenvalue weighted by Gasteiger charge is 2.38. The van der Waals surface area contributed by atoms with Crippen LogP contribution in [0.4, 0.5) is 13.2 Å². The molecule has 20 heavy (non-hydrogen) atoms. The van der Waals surface area contributed by atoms with Crippen LogP contribution in [0.15, 0.2) is 18.2 Å². The Balaban J connectivity index is 1.99. The standard InChI is InChI=1S/C13H15F3N2O2/c14-13(15,16)11(19)7-18-12(20)9-2-1-8-3-4-17-6-10(8)5-9/h1-2,5,11,17,19H,3-4,6-7H2,(H,18,20). The molecule has 0 saturated carbocycles. The van der Waals surface area contributed by atoms with Gasteiger partial charge in [0, 0.05) is 12.1 Å². The molecule has 1 aliphatic rings. The molecule has 110 valence electrons. The highest BCUT2D eigenvalue weighted by molar-refractivity contribution is 5.94. The van der Waals surface area contributed by atoms with E-state index in [1.165, 1.54) is 0 Å². The molecule has 1 aromatic rings. The molecule has 0 saturated heterocycles. The molecule has 2 rings (SSSR count). The molecule has 1 heterocycles. The topological polar surface area (TPSA) is 61.4 Å². The number of hydrogen-bond donors (Lipinski definition) is 3. The van der Waals surface area contributed by atoms with Gasteiger partial charge in [0.1, 0.15) is 0 Å². The second-order valence-corrected chi connectivity index (χ2v) is 4.68. The number of benzene rings is 1. The third-order valence-electron chi connectivity index (χ3n) is 3.19. The van der Waals surface area contributed by atoms with Gasteiger partial charge in [-0.15, -0.1) is 0 Å². The molecule has 1 unspecified atom stereocenters. The van der Waals surface area contributed by atoms with Crippen LogP contribution in [0.3, 0.4) is 0 Å². The van der Waals surface area contributed by atoms with Crippen molar-refractivity contribution in [3.8, 4) is 0 Å². The van der Waals surface area contributed by atoms with Gasteiger partial charge >= 0.3 is 6.18 Å². The number of carbonyl (C=O) groups excluding carboxylic acids is 1. The zero-order valence-electron chi connectivity index (χ0n) is 10.6. The minimum Gasteiger partial charge on any atom is -0.382 e. The molecule has 0 fully saturated rings. The van der Waals surface area contributed by atoms with Gasteiger partial charge in [0.2, 0.25) is 0 Å². The van der Waals surface area contributed by atoms with E-state index in [0.29, 0.717) is 12.1 Å². The van der Waals surface area contributed by atoms with Crippen molar-refractivity contribution in [2.45, 2.75) is 25.2 Å². The van der Waals surface area contributed by atoms with Crippen LogP contribution in [-0.2, 0) is 13.0 Å². The zero-order chi connectivity index (χ0) is 14.8. The molecular weight excluding hydrogens is 273 g/mol. The number of carbonyl (C=O) groups is 1. The maximum absolute atomic E-state index is 12.1. The number of hydrogen-bond acceptors (Lipinski definition) is 3. The molecule has 0 spiro atoms. The summed E-state index contributed by atoms with van der Waals surface area (Å²) in [4.78, 5) is 11.8. The third-order valence-corrected chi connectivity index (χ3v) is 3.19.